The molecule has 3 nitrogen and oxygen atoms in total. The van der Waals surface area contributed by atoms with E-state index in [0.29, 0.717) is 17.8 Å². The van der Waals surface area contributed by atoms with Gasteiger partial charge in [0.2, 0.25) is 0 Å². The molecule has 0 fully saturated rings. The molecule has 1 aromatic heterocycles. The third-order valence-corrected chi connectivity index (χ3v) is 3.69. The number of amides is 1. The highest BCUT2D eigenvalue weighted by molar-refractivity contribution is 9.10. The van der Waals surface area contributed by atoms with E-state index in [0.717, 1.165) is 10.0 Å². The van der Waals surface area contributed by atoms with E-state index in [9.17, 15) is 4.79 Å². The number of thiophene rings is 1. The first-order valence-electron chi connectivity index (χ1n) is 5.01. The van der Waals surface area contributed by atoms with Crippen LogP contribution >= 0.6 is 27.3 Å². The molecule has 0 aliphatic rings. The summed E-state index contributed by atoms with van der Waals surface area (Å²) in [5, 5.41) is 6.84. The summed E-state index contributed by atoms with van der Waals surface area (Å²) in [5.74, 6) is -0.129. The van der Waals surface area contributed by atoms with Crippen molar-refractivity contribution in [2.24, 2.45) is 0 Å². The first kappa shape index (κ1) is 12.1. The number of nitrogens with two attached hydrogens (primary N) is 1. The lowest BCUT2D eigenvalue weighted by atomic mass is 10.2. The number of carbonyl (C=O) groups excluding carboxylic acids is 1. The summed E-state index contributed by atoms with van der Waals surface area (Å²) in [6.45, 7) is 0.531. The van der Waals surface area contributed by atoms with Gasteiger partial charge in [-0.25, -0.2) is 0 Å². The lowest BCUT2D eigenvalue weighted by molar-refractivity contribution is 0.0950. The van der Waals surface area contributed by atoms with Gasteiger partial charge >= 0.3 is 0 Å². The Labute approximate surface area is 112 Å². The van der Waals surface area contributed by atoms with E-state index in [-0.39, 0.29) is 5.91 Å². The van der Waals surface area contributed by atoms with Crippen molar-refractivity contribution in [2.75, 3.05) is 5.73 Å². The van der Waals surface area contributed by atoms with Gasteiger partial charge in [-0.15, -0.1) is 0 Å². The van der Waals surface area contributed by atoms with Crippen LogP contribution in [0.4, 0.5) is 5.69 Å². The van der Waals surface area contributed by atoms with Crippen molar-refractivity contribution >= 4 is 38.9 Å². The molecule has 0 saturated heterocycles. The summed E-state index contributed by atoms with van der Waals surface area (Å²) >= 11 is 4.95. The van der Waals surface area contributed by atoms with Crippen LogP contribution in [-0.4, -0.2) is 5.91 Å². The highest BCUT2D eigenvalue weighted by Gasteiger charge is 2.09. The molecule has 2 rings (SSSR count). The summed E-state index contributed by atoms with van der Waals surface area (Å²) in [6, 6.07) is 7.17. The zero-order chi connectivity index (χ0) is 12.3. The SMILES string of the molecule is Nc1ccc(Br)c(C(=O)NCc2ccsc2)c1. The second kappa shape index (κ2) is 5.33. The van der Waals surface area contributed by atoms with Gasteiger partial charge in [0.25, 0.3) is 5.91 Å². The highest BCUT2D eigenvalue weighted by Crippen LogP contribution is 2.19. The number of hydrogen-bond donors (Lipinski definition) is 2. The van der Waals surface area contributed by atoms with Crippen molar-refractivity contribution in [1.82, 2.24) is 5.32 Å². The molecule has 0 saturated carbocycles. The maximum atomic E-state index is 11.9. The maximum absolute atomic E-state index is 11.9. The topological polar surface area (TPSA) is 55.1 Å². The average Bonchev–Trinajstić information content (AvgIpc) is 2.82. The Morgan fingerprint density at radius 2 is 2.24 bits per heavy atom. The van der Waals surface area contributed by atoms with Crippen molar-refractivity contribution in [3.8, 4) is 0 Å². The molecule has 5 heteroatoms. The fourth-order valence-electron chi connectivity index (χ4n) is 1.39. The van der Waals surface area contributed by atoms with E-state index in [1.54, 1.807) is 29.5 Å². The zero-order valence-electron chi connectivity index (χ0n) is 8.94. The maximum Gasteiger partial charge on any atom is 0.252 e. The summed E-state index contributed by atoms with van der Waals surface area (Å²) in [7, 11) is 0. The molecule has 0 bridgehead atoms. The van der Waals surface area contributed by atoms with Gasteiger partial charge in [0, 0.05) is 16.7 Å². The number of benzene rings is 1. The third kappa shape index (κ3) is 3.08. The summed E-state index contributed by atoms with van der Waals surface area (Å²) in [5.41, 5.74) is 7.89. The first-order chi connectivity index (χ1) is 8.16. The molecule has 0 atom stereocenters. The summed E-state index contributed by atoms with van der Waals surface area (Å²) in [4.78, 5) is 11.9. The molecule has 88 valence electrons. The molecule has 1 heterocycles. The van der Waals surface area contributed by atoms with Crippen LogP contribution in [0.5, 0.6) is 0 Å². The Hall–Kier alpha value is -1.33. The van der Waals surface area contributed by atoms with Crippen molar-refractivity contribution in [2.45, 2.75) is 6.54 Å². The lowest BCUT2D eigenvalue weighted by Crippen LogP contribution is -2.23. The molecule has 1 aromatic carbocycles. The van der Waals surface area contributed by atoms with Crippen molar-refractivity contribution in [1.29, 1.82) is 0 Å². The Balaban J connectivity index is 2.07. The van der Waals surface area contributed by atoms with Crippen LogP contribution in [0.25, 0.3) is 0 Å². The van der Waals surface area contributed by atoms with E-state index in [1.807, 2.05) is 16.8 Å². The third-order valence-electron chi connectivity index (χ3n) is 2.27. The van der Waals surface area contributed by atoms with Crippen LogP contribution in [0.3, 0.4) is 0 Å². The minimum absolute atomic E-state index is 0.129. The smallest absolute Gasteiger partial charge is 0.252 e. The largest absolute Gasteiger partial charge is 0.399 e. The molecule has 0 aliphatic carbocycles. The number of anilines is 1. The standard InChI is InChI=1S/C12H11BrN2OS/c13-11-2-1-9(14)5-10(11)12(16)15-6-8-3-4-17-7-8/h1-5,7H,6,14H2,(H,15,16). The minimum Gasteiger partial charge on any atom is -0.399 e. The lowest BCUT2D eigenvalue weighted by Gasteiger charge is -2.06. The predicted octanol–water partition coefficient (Wildman–Crippen LogP) is 3.02. The van der Waals surface area contributed by atoms with Gasteiger partial charge < -0.3 is 11.1 Å². The van der Waals surface area contributed by atoms with Crippen molar-refractivity contribution < 1.29 is 4.79 Å². The van der Waals surface area contributed by atoms with E-state index in [4.69, 9.17) is 5.73 Å². The fourth-order valence-corrected chi connectivity index (χ4v) is 2.48. The fraction of sp³-hybridized carbons (Fsp3) is 0.0833. The first-order valence-corrected chi connectivity index (χ1v) is 6.74. The van der Waals surface area contributed by atoms with Crippen molar-refractivity contribution in [3.63, 3.8) is 0 Å². The van der Waals surface area contributed by atoms with E-state index >= 15 is 0 Å². The molecule has 0 unspecified atom stereocenters. The molecule has 2 aromatic rings. The number of hydrogen-bond acceptors (Lipinski definition) is 3. The van der Waals surface area contributed by atoms with Crippen LogP contribution in [-0.2, 0) is 6.54 Å². The number of nitrogens with one attached hydrogen (secondary N) is 1. The summed E-state index contributed by atoms with van der Waals surface area (Å²) < 4.78 is 0.745. The second-order valence-corrected chi connectivity index (χ2v) is 5.19. The van der Waals surface area contributed by atoms with E-state index in [2.05, 4.69) is 21.2 Å². The number of nitrogen functional groups attached to an aromatic ring is 1. The quantitative estimate of drug-likeness (QED) is 0.856. The molecule has 0 spiro atoms. The molecule has 3 N–H and O–H groups in total. The summed E-state index contributed by atoms with van der Waals surface area (Å²) in [6.07, 6.45) is 0. The van der Waals surface area contributed by atoms with Gasteiger partial charge in [0.05, 0.1) is 5.56 Å². The molecular formula is C12H11BrN2OS. The predicted molar refractivity (Wildman–Crippen MR) is 74.0 cm³/mol. The molecular weight excluding hydrogens is 300 g/mol. The van der Waals surface area contributed by atoms with E-state index < -0.39 is 0 Å². The van der Waals surface area contributed by atoms with Crippen LogP contribution in [0.15, 0.2) is 39.5 Å². The van der Waals surface area contributed by atoms with Gasteiger partial charge in [-0.3, -0.25) is 4.79 Å². The van der Waals surface area contributed by atoms with Gasteiger partial charge in [-0.05, 0) is 56.5 Å². The van der Waals surface area contributed by atoms with Crippen LogP contribution in [0.2, 0.25) is 0 Å². The Bertz CT molecular complexity index is 525. The highest BCUT2D eigenvalue weighted by atomic mass is 79.9. The van der Waals surface area contributed by atoms with E-state index in [1.165, 1.54) is 0 Å². The molecule has 0 aliphatic heterocycles. The Morgan fingerprint density at radius 3 is 2.94 bits per heavy atom. The van der Waals surface area contributed by atoms with Crippen molar-refractivity contribution in [3.05, 3.63) is 50.6 Å². The normalized spacial score (nSPS) is 10.2. The molecule has 0 radical (unpaired) electrons. The number of carbonyl (C=O) groups is 1. The van der Waals surface area contributed by atoms with Crippen LogP contribution in [0.1, 0.15) is 15.9 Å². The second-order valence-electron chi connectivity index (χ2n) is 3.55. The van der Waals surface area contributed by atoms with Gasteiger partial charge in [0.15, 0.2) is 0 Å². The van der Waals surface area contributed by atoms with Gasteiger partial charge in [-0.2, -0.15) is 11.3 Å². The van der Waals surface area contributed by atoms with Gasteiger partial charge in [0.1, 0.15) is 0 Å². The number of halogens is 1. The Kier molecular flexibility index (Phi) is 3.81. The number of rotatable bonds is 3. The van der Waals surface area contributed by atoms with Gasteiger partial charge in [-0.1, -0.05) is 0 Å². The van der Waals surface area contributed by atoms with Crippen LogP contribution < -0.4 is 11.1 Å². The average molecular weight is 311 g/mol. The monoisotopic (exact) mass is 310 g/mol. The minimum atomic E-state index is -0.129. The molecule has 1 amide bonds. The zero-order valence-corrected chi connectivity index (χ0v) is 11.3. The molecule has 17 heavy (non-hydrogen) atoms. The Morgan fingerprint density at radius 1 is 1.41 bits per heavy atom. The van der Waals surface area contributed by atoms with Crippen LogP contribution in [0, 0.1) is 0 Å².